The standard InChI is InChI=1S/C13H21N5OS/c1-13(2,3)14-7-6-10-17-18-11(9-5-4-8-19-9)15-16-12(18)20-10/h9,14H,4-8H2,1-3H3. The summed E-state index contributed by atoms with van der Waals surface area (Å²) in [5, 5.41) is 17.6. The second-order valence-electron chi connectivity index (χ2n) is 6.18. The van der Waals surface area contributed by atoms with Gasteiger partial charge in [-0.25, -0.2) is 0 Å². The maximum absolute atomic E-state index is 5.67. The molecular weight excluding hydrogens is 274 g/mol. The predicted molar refractivity (Wildman–Crippen MR) is 78.0 cm³/mol. The maximum atomic E-state index is 5.67. The van der Waals surface area contributed by atoms with E-state index in [1.54, 1.807) is 11.3 Å². The van der Waals surface area contributed by atoms with E-state index in [1.165, 1.54) is 0 Å². The minimum Gasteiger partial charge on any atom is -0.370 e. The summed E-state index contributed by atoms with van der Waals surface area (Å²) in [5.74, 6) is 0.851. The number of rotatable bonds is 4. The van der Waals surface area contributed by atoms with Crippen LogP contribution in [0.3, 0.4) is 0 Å². The molecule has 20 heavy (non-hydrogen) atoms. The van der Waals surface area contributed by atoms with E-state index in [0.29, 0.717) is 0 Å². The van der Waals surface area contributed by atoms with Gasteiger partial charge < -0.3 is 10.1 Å². The quantitative estimate of drug-likeness (QED) is 0.934. The van der Waals surface area contributed by atoms with Crippen LogP contribution in [-0.2, 0) is 11.2 Å². The lowest BCUT2D eigenvalue weighted by molar-refractivity contribution is 0.103. The molecule has 7 heteroatoms. The number of nitrogens with one attached hydrogen (secondary N) is 1. The molecule has 1 fully saturated rings. The third-order valence-corrected chi connectivity index (χ3v) is 4.23. The molecule has 0 radical (unpaired) electrons. The second kappa shape index (κ2) is 5.38. The Morgan fingerprint density at radius 1 is 1.40 bits per heavy atom. The van der Waals surface area contributed by atoms with E-state index in [9.17, 15) is 0 Å². The van der Waals surface area contributed by atoms with Crippen molar-refractivity contribution in [1.29, 1.82) is 0 Å². The Bertz CT molecular complexity index is 579. The zero-order chi connectivity index (χ0) is 14.2. The van der Waals surface area contributed by atoms with Crippen LogP contribution in [0.1, 0.15) is 50.5 Å². The normalized spacial score (nSPS) is 20.1. The molecule has 0 aliphatic carbocycles. The molecule has 1 N–H and O–H groups in total. The number of nitrogens with zero attached hydrogens (tertiary/aromatic N) is 4. The van der Waals surface area contributed by atoms with Gasteiger partial charge in [0.25, 0.3) is 0 Å². The van der Waals surface area contributed by atoms with Crippen molar-refractivity contribution in [1.82, 2.24) is 25.1 Å². The highest BCUT2D eigenvalue weighted by atomic mass is 32.1. The molecule has 1 atom stereocenters. The van der Waals surface area contributed by atoms with E-state index in [0.717, 1.165) is 48.2 Å². The van der Waals surface area contributed by atoms with Crippen molar-refractivity contribution in [2.75, 3.05) is 13.2 Å². The minimum absolute atomic E-state index is 0.0626. The highest BCUT2D eigenvalue weighted by Gasteiger charge is 2.24. The Balaban J connectivity index is 1.71. The van der Waals surface area contributed by atoms with Gasteiger partial charge in [-0.05, 0) is 33.6 Å². The van der Waals surface area contributed by atoms with Crippen LogP contribution in [0.15, 0.2) is 0 Å². The smallest absolute Gasteiger partial charge is 0.234 e. The van der Waals surface area contributed by atoms with Gasteiger partial charge in [-0.15, -0.1) is 10.2 Å². The lowest BCUT2D eigenvalue weighted by atomic mass is 10.1. The maximum Gasteiger partial charge on any atom is 0.234 e. The van der Waals surface area contributed by atoms with Crippen LogP contribution >= 0.6 is 11.3 Å². The molecule has 2 aromatic rings. The van der Waals surface area contributed by atoms with Crippen molar-refractivity contribution >= 4 is 16.3 Å². The van der Waals surface area contributed by atoms with Gasteiger partial charge in [0.05, 0.1) is 0 Å². The van der Waals surface area contributed by atoms with Crippen molar-refractivity contribution in [2.45, 2.75) is 51.7 Å². The number of ether oxygens (including phenoxy) is 1. The highest BCUT2D eigenvalue weighted by molar-refractivity contribution is 7.16. The molecule has 3 rings (SSSR count). The summed E-state index contributed by atoms with van der Waals surface area (Å²) in [5.41, 5.74) is 0.141. The average Bonchev–Trinajstić information content (AvgIpc) is 3.00. The Morgan fingerprint density at radius 2 is 2.25 bits per heavy atom. The van der Waals surface area contributed by atoms with Crippen LogP contribution in [0.25, 0.3) is 4.96 Å². The lowest BCUT2D eigenvalue weighted by Gasteiger charge is -2.19. The van der Waals surface area contributed by atoms with Gasteiger partial charge in [0.2, 0.25) is 4.96 Å². The average molecular weight is 295 g/mol. The van der Waals surface area contributed by atoms with E-state index in [-0.39, 0.29) is 11.6 Å². The monoisotopic (exact) mass is 295 g/mol. The summed E-state index contributed by atoms with van der Waals surface area (Å²) >= 11 is 1.61. The predicted octanol–water partition coefficient (Wildman–Crippen LogP) is 1.97. The van der Waals surface area contributed by atoms with E-state index in [1.807, 2.05) is 4.52 Å². The Morgan fingerprint density at radius 3 is 2.95 bits per heavy atom. The molecule has 0 aromatic carbocycles. The molecule has 1 aliphatic rings. The summed E-state index contributed by atoms with van der Waals surface area (Å²) in [6.07, 6.45) is 3.08. The van der Waals surface area contributed by atoms with Crippen LogP contribution < -0.4 is 5.32 Å². The van der Waals surface area contributed by atoms with E-state index < -0.39 is 0 Å². The van der Waals surface area contributed by atoms with Gasteiger partial charge in [0, 0.05) is 25.1 Å². The van der Waals surface area contributed by atoms with Gasteiger partial charge in [0.15, 0.2) is 5.82 Å². The minimum atomic E-state index is 0.0626. The van der Waals surface area contributed by atoms with Crippen LogP contribution in [0.5, 0.6) is 0 Å². The van der Waals surface area contributed by atoms with Crippen molar-refractivity contribution < 1.29 is 4.74 Å². The van der Waals surface area contributed by atoms with Crippen molar-refractivity contribution in [3.63, 3.8) is 0 Å². The van der Waals surface area contributed by atoms with Gasteiger partial charge >= 0.3 is 0 Å². The molecule has 2 aromatic heterocycles. The van der Waals surface area contributed by atoms with Crippen LogP contribution in [0, 0.1) is 0 Å². The van der Waals surface area contributed by atoms with Gasteiger partial charge in [-0.1, -0.05) is 11.3 Å². The Labute approximate surface area is 122 Å². The number of fused-ring (bicyclic) bond motifs is 1. The van der Waals surface area contributed by atoms with E-state index >= 15 is 0 Å². The van der Waals surface area contributed by atoms with Gasteiger partial charge in [0.1, 0.15) is 11.1 Å². The second-order valence-corrected chi connectivity index (χ2v) is 7.22. The first-order valence-corrected chi connectivity index (χ1v) is 7.92. The molecule has 1 aliphatic heterocycles. The topological polar surface area (TPSA) is 64.3 Å². The van der Waals surface area contributed by atoms with Crippen LogP contribution in [-0.4, -0.2) is 38.5 Å². The third-order valence-electron chi connectivity index (χ3n) is 3.27. The van der Waals surface area contributed by atoms with Crippen molar-refractivity contribution in [3.05, 3.63) is 10.8 Å². The molecule has 0 saturated carbocycles. The fraction of sp³-hybridized carbons (Fsp3) is 0.769. The summed E-state index contributed by atoms with van der Waals surface area (Å²) in [6.45, 7) is 8.23. The molecule has 6 nitrogen and oxygen atoms in total. The number of hydrogen-bond acceptors (Lipinski definition) is 6. The number of hydrogen-bond donors (Lipinski definition) is 1. The fourth-order valence-electron chi connectivity index (χ4n) is 2.30. The summed E-state index contributed by atoms with van der Waals surface area (Å²) in [4.78, 5) is 0.862. The first-order valence-electron chi connectivity index (χ1n) is 7.10. The largest absolute Gasteiger partial charge is 0.370 e. The molecule has 1 saturated heterocycles. The molecule has 3 heterocycles. The summed E-state index contributed by atoms with van der Waals surface area (Å²) < 4.78 is 7.52. The lowest BCUT2D eigenvalue weighted by Crippen LogP contribution is -2.37. The van der Waals surface area contributed by atoms with Crippen molar-refractivity contribution in [2.24, 2.45) is 0 Å². The SMILES string of the molecule is CC(C)(C)NCCc1nn2c(C3CCCO3)nnc2s1. The van der Waals surface area contributed by atoms with Crippen LogP contribution in [0.2, 0.25) is 0 Å². The van der Waals surface area contributed by atoms with Crippen LogP contribution in [0.4, 0.5) is 0 Å². The fourth-order valence-corrected chi connectivity index (χ4v) is 3.14. The van der Waals surface area contributed by atoms with E-state index in [4.69, 9.17) is 4.74 Å². The van der Waals surface area contributed by atoms with Gasteiger partial charge in [-0.3, -0.25) is 0 Å². The highest BCUT2D eigenvalue weighted by Crippen LogP contribution is 2.28. The van der Waals surface area contributed by atoms with Crippen molar-refractivity contribution in [3.8, 4) is 0 Å². The van der Waals surface area contributed by atoms with E-state index in [2.05, 4.69) is 41.4 Å². The summed E-state index contributed by atoms with van der Waals surface area (Å²) in [6, 6.07) is 0. The molecule has 0 spiro atoms. The molecule has 1 unspecified atom stereocenters. The first-order chi connectivity index (χ1) is 9.53. The zero-order valence-corrected chi connectivity index (χ0v) is 13.0. The molecule has 110 valence electrons. The van der Waals surface area contributed by atoms with Gasteiger partial charge in [-0.2, -0.15) is 9.61 Å². The summed E-state index contributed by atoms with van der Waals surface area (Å²) in [7, 11) is 0. The zero-order valence-electron chi connectivity index (χ0n) is 12.2. The number of aromatic nitrogens is 4. The Kier molecular flexibility index (Phi) is 3.74. The molecular formula is C13H21N5OS. The Hall–Kier alpha value is -1.05. The third kappa shape index (κ3) is 2.99. The molecule has 0 bridgehead atoms. The molecule has 0 amide bonds. The first kappa shape index (κ1) is 13.9.